The zero-order valence-electron chi connectivity index (χ0n) is 9.16. The lowest BCUT2D eigenvalue weighted by atomic mass is 10.2. The third-order valence-corrected chi connectivity index (χ3v) is 2.52. The molecule has 1 rings (SSSR count). The van der Waals surface area contributed by atoms with Crippen molar-refractivity contribution < 1.29 is 9.90 Å². The van der Waals surface area contributed by atoms with Gasteiger partial charge in [0.05, 0.1) is 12.1 Å². The largest absolute Gasteiger partial charge is 0.392 e. The van der Waals surface area contributed by atoms with Crippen molar-refractivity contribution in [2.45, 2.75) is 44.9 Å². The number of hydrogen-bond acceptors (Lipinski definition) is 3. The van der Waals surface area contributed by atoms with Gasteiger partial charge in [0.1, 0.15) is 0 Å². The summed E-state index contributed by atoms with van der Waals surface area (Å²) < 4.78 is 0. The first-order valence-electron chi connectivity index (χ1n) is 5.19. The average molecular weight is 200 g/mol. The summed E-state index contributed by atoms with van der Waals surface area (Å²) in [5, 5.41) is 12.1. The van der Waals surface area contributed by atoms with Crippen LogP contribution < -0.4 is 5.32 Å². The van der Waals surface area contributed by atoms with Crippen molar-refractivity contribution in [2.24, 2.45) is 0 Å². The Morgan fingerprint density at radius 3 is 2.57 bits per heavy atom. The number of aliphatic hydroxyl groups excluding tert-OH is 1. The van der Waals surface area contributed by atoms with E-state index >= 15 is 0 Å². The van der Waals surface area contributed by atoms with Crippen LogP contribution >= 0.6 is 0 Å². The molecule has 1 saturated carbocycles. The van der Waals surface area contributed by atoms with Crippen molar-refractivity contribution in [2.75, 3.05) is 13.6 Å². The highest BCUT2D eigenvalue weighted by Crippen LogP contribution is 2.18. The Kier molecular flexibility index (Phi) is 3.89. The Hall–Kier alpha value is -0.610. The Morgan fingerprint density at radius 1 is 1.57 bits per heavy atom. The van der Waals surface area contributed by atoms with E-state index in [0.29, 0.717) is 12.6 Å². The van der Waals surface area contributed by atoms with E-state index in [-0.39, 0.29) is 11.9 Å². The highest BCUT2D eigenvalue weighted by atomic mass is 16.3. The first-order chi connectivity index (χ1) is 6.50. The Labute approximate surface area is 85.3 Å². The molecule has 0 saturated heterocycles. The topological polar surface area (TPSA) is 52.6 Å². The van der Waals surface area contributed by atoms with Gasteiger partial charge in [-0.2, -0.15) is 0 Å². The van der Waals surface area contributed by atoms with E-state index in [2.05, 4.69) is 5.32 Å². The minimum absolute atomic E-state index is 0.0654. The number of rotatable bonds is 5. The summed E-state index contributed by atoms with van der Waals surface area (Å²) in [6.45, 7) is 4.11. The molecule has 0 heterocycles. The maximum Gasteiger partial charge on any atom is 0.237 e. The smallest absolute Gasteiger partial charge is 0.237 e. The number of amides is 1. The van der Waals surface area contributed by atoms with Gasteiger partial charge in [-0.25, -0.2) is 0 Å². The Bertz CT molecular complexity index is 202. The molecule has 2 atom stereocenters. The molecule has 1 aliphatic carbocycles. The molecule has 1 aliphatic rings. The summed E-state index contributed by atoms with van der Waals surface area (Å²) in [5.41, 5.74) is 0. The zero-order chi connectivity index (χ0) is 10.7. The van der Waals surface area contributed by atoms with Crippen LogP contribution in [0, 0.1) is 0 Å². The second-order valence-corrected chi connectivity index (χ2v) is 4.25. The molecule has 0 aliphatic heterocycles. The molecule has 2 N–H and O–H groups in total. The minimum atomic E-state index is -0.392. The highest BCUT2D eigenvalue weighted by molar-refractivity contribution is 5.81. The van der Waals surface area contributed by atoms with E-state index in [1.54, 1.807) is 6.92 Å². The lowest BCUT2D eigenvalue weighted by Gasteiger charge is -2.24. The fraction of sp³-hybridized carbons (Fsp3) is 0.900. The van der Waals surface area contributed by atoms with E-state index in [0.717, 1.165) is 12.8 Å². The molecule has 4 heteroatoms. The molecule has 0 spiro atoms. The fourth-order valence-corrected chi connectivity index (χ4v) is 1.32. The van der Waals surface area contributed by atoms with Crippen molar-refractivity contribution in [3.05, 3.63) is 0 Å². The summed E-state index contributed by atoms with van der Waals surface area (Å²) in [5.74, 6) is 0.0654. The highest BCUT2D eigenvalue weighted by Gasteiger charge is 2.27. The van der Waals surface area contributed by atoms with Crippen LogP contribution in [0.3, 0.4) is 0 Å². The molecule has 0 aromatic rings. The molecule has 82 valence electrons. The molecule has 0 aromatic heterocycles. The number of likely N-dealkylation sites (N-methyl/N-ethyl adjacent to an activating group) is 1. The monoisotopic (exact) mass is 200 g/mol. The van der Waals surface area contributed by atoms with Crippen LogP contribution in [0.25, 0.3) is 0 Å². The predicted octanol–water partition coefficient (Wildman–Crippen LogP) is -0.0339. The van der Waals surface area contributed by atoms with E-state index < -0.39 is 6.10 Å². The number of carbonyl (C=O) groups excluding carboxylic acids is 1. The fourth-order valence-electron chi connectivity index (χ4n) is 1.32. The van der Waals surface area contributed by atoms with Crippen LogP contribution in [-0.2, 0) is 4.79 Å². The van der Waals surface area contributed by atoms with Gasteiger partial charge in [0, 0.05) is 12.6 Å². The van der Waals surface area contributed by atoms with Crippen molar-refractivity contribution in [3.63, 3.8) is 0 Å². The molecule has 2 unspecified atom stereocenters. The second kappa shape index (κ2) is 4.75. The first kappa shape index (κ1) is 11.5. The second-order valence-electron chi connectivity index (χ2n) is 4.25. The Balaban J connectivity index is 2.29. The maximum atomic E-state index is 11.6. The SMILES string of the molecule is CC(O)CN(C)C(C)C(=O)NC1CC1. The van der Waals surface area contributed by atoms with Crippen LogP contribution in [0.4, 0.5) is 0 Å². The third kappa shape index (κ3) is 3.64. The predicted molar refractivity (Wildman–Crippen MR) is 54.9 cm³/mol. The first-order valence-corrected chi connectivity index (χ1v) is 5.19. The molecule has 1 fully saturated rings. The quantitative estimate of drug-likeness (QED) is 0.655. The van der Waals surface area contributed by atoms with Gasteiger partial charge in [-0.1, -0.05) is 0 Å². The number of carbonyl (C=O) groups is 1. The van der Waals surface area contributed by atoms with Gasteiger partial charge < -0.3 is 10.4 Å². The number of nitrogens with zero attached hydrogens (tertiary/aromatic N) is 1. The van der Waals surface area contributed by atoms with Gasteiger partial charge >= 0.3 is 0 Å². The van der Waals surface area contributed by atoms with Gasteiger partial charge in [-0.15, -0.1) is 0 Å². The van der Waals surface area contributed by atoms with Gasteiger partial charge in [0.25, 0.3) is 0 Å². The zero-order valence-corrected chi connectivity index (χ0v) is 9.16. The summed E-state index contributed by atoms with van der Waals surface area (Å²) in [4.78, 5) is 13.4. The van der Waals surface area contributed by atoms with Gasteiger partial charge in [0.2, 0.25) is 5.91 Å². The molecular weight excluding hydrogens is 180 g/mol. The van der Waals surface area contributed by atoms with E-state index in [1.807, 2.05) is 18.9 Å². The van der Waals surface area contributed by atoms with Crippen LogP contribution in [0.5, 0.6) is 0 Å². The lowest BCUT2D eigenvalue weighted by Crippen LogP contribution is -2.46. The maximum absolute atomic E-state index is 11.6. The van der Waals surface area contributed by atoms with E-state index in [4.69, 9.17) is 0 Å². The summed E-state index contributed by atoms with van der Waals surface area (Å²) in [7, 11) is 1.85. The summed E-state index contributed by atoms with van der Waals surface area (Å²) in [6.07, 6.45) is 1.83. The molecule has 4 nitrogen and oxygen atoms in total. The van der Waals surface area contributed by atoms with Crippen molar-refractivity contribution in [1.82, 2.24) is 10.2 Å². The van der Waals surface area contributed by atoms with Crippen LogP contribution in [0.2, 0.25) is 0 Å². The average Bonchev–Trinajstić information content (AvgIpc) is 2.85. The molecule has 1 amide bonds. The van der Waals surface area contributed by atoms with Gasteiger partial charge in [-0.3, -0.25) is 9.69 Å². The van der Waals surface area contributed by atoms with Gasteiger partial charge in [-0.05, 0) is 33.7 Å². The molecule has 0 aromatic carbocycles. The number of nitrogens with one attached hydrogen (secondary N) is 1. The van der Waals surface area contributed by atoms with Crippen molar-refractivity contribution >= 4 is 5.91 Å². The molecule has 0 radical (unpaired) electrons. The van der Waals surface area contributed by atoms with E-state index in [9.17, 15) is 9.90 Å². The van der Waals surface area contributed by atoms with E-state index in [1.165, 1.54) is 0 Å². The van der Waals surface area contributed by atoms with Crippen molar-refractivity contribution in [1.29, 1.82) is 0 Å². The summed E-state index contributed by atoms with van der Waals surface area (Å²) in [6, 6.07) is 0.245. The molecule has 0 bridgehead atoms. The third-order valence-electron chi connectivity index (χ3n) is 2.52. The minimum Gasteiger partial charge on any atom is -0.392 e. The lowest BCUT2D eigenvalue weighted by molar-refractivity contribution is -0.125. The standard InChI is InChI=1S/C10H20N2O2/c1-7(13)6-12(3)8(2)10(14)11-9-4-5-9/h7-9,13H,4-6H2,1-3H3,(H,11,14). The van der Waals surface area contributed by atoms with Crippen LogP contribution in [-0.4, -0.2) is 47.7 Å². The molecular formula is C10H20N2O2. The number of aliphatic hydroxyl groups is 1. The Morgan fingerprint density at radius 2 is 2.14 bits per heavy atom. The van der Waals surface area contributed by atoms with Gasteiger partial charge in [0.15, 0.2) is 0 Å². The van der Waals surface area contributed by atoms with Crippen LogP contribution in [0.1, 0.15) is 26.7 Å². The summed E-state index contributed by atoms with van der Waals surface area (Å²) >= 11 is 0. The normalized spacial score (nSPS) is 20.6. The van der Waals surface area contributed by atoms with Crippen LogP contribution in [0.15, 0.2) is 0 Å². The number of hydrogen-bond donors (Lipinski definition) is 2. The van der Waals surface area contributed by atoms with Crippen molar-refractivity contribution in [3.8, 4) is 0 Å². The molecule has 14 heavy (non-hydrogen) atoms.